The van der Waals surface area contributed by atoms with E-state index in [1.807, 2.05) is 0 Å². The summed E-state index contributed by atoms with van der Waals surface area (Å²) in [6, 6.07) is 0. The van der Waals surface area contributed by atoms with Crippen molar-refractivity contribution in [2.24, 2.45) is 5.73 Å². The van der Waals surface area contributed by atoms with Crippen LogP contribution in [0.1, 0.15) is 25.7 Å². The van der Waals surface area contributed by atoms with Crippen LogP contribution < -0.4 is 11.1 Å². The molecule has 0 aromatic rings. The number of hydrogen-bond donors (Lipinski definition) is 2. The standard InChI is InChI=1S/C12H26N2O3/c1-15-12(16-2)5-9-17-11(10-12)4-3-7-14-8-6-13/h11,14H,3-10,13H2,1-2H3. The highest BCUT2D eigenvalue weighted by atomic mass is 16.7. The van der Waals surface area contributed by atoms with Gasteiger partial charge in [0, 0.05) is 40.2 Å². The van der Waals surface area contributed by atoms with Crippen LogP contribution >= 0.6 is 0 Å². The van der Waals surface area contributed by atoms with Crippen LogP contribution in [0.5, 0.6) is 0 Å². The lowest BCUT2D eigenvalue weighted by Crippen LogP contribution is -2.44. The maximum absolute atomic E-state index is 5.73. The third kappa shape index (κ3) is 4.89. The van der Waals surface area contributed by atoms with Gasteiger partial charge in [0.1, 0.15) is 0 Å². The second-order valence-corrected chi connectivity index (χ2v) is 4.45. The molecular weight excluding hydrogens is 220 g/mol. The molecule has 1 unspecified atom stereocenters. The minimum Gasteiger partial charge on any atom is -0.378 e. The molecule has 1 rings (SSSR count). The number of hydrogen-bond acceptors (Lipinski definition) is 5. The van der Waals surface area contributed by atoms with E-state index in [1.165, 1.54) is 0 Å². The highest BCUT2D eigenvalue weighted by molar-refractivity contribution is 4.79. The Labute approximate surface area is 104 Å². The Bertz CT molecular complexity index is 198. The van der Waals surface area contributed by atoms with Gasteiger partial charge in [-0.15, -0.1) is 0 Å². The van der Waals surface area contributed by atoms with E-state index < -0.39 is 5.79 Å². The predicted molar refractivity (Wildman–Crippen MR) is 66.9 cm³/mol. The third-order valence-electron chi connectivity index (χ3n) is 3.32. The maximum Gasteiger partial charge on any atom is 0.172 e. The summed E-state index contributed by atoms with van der Waals surface area (Å²) in [6.07, 6.45) is 3.99. The summed E-state index contributed by atoms with van der Waals surface area (Å²) >= 11 is 0. The molecule has 102 valence electrons. The summed E-state index contributed by atoms with van der Waals surface area (Å²) in [5, 5.41) is 3.28. The molecule has 0 saturated carbocycles. The summed E-state index contributed by atoms with van der Waals surface area (Å²) in [7, 11) is 3.41. The van der Waals surface area contributed by atoms with Crippen molar-refractivity contribution in [3.8, 4) is 0 Å². The van der Waals surface area contributed by atoms with Crippen molar-refractivity contribution in [1.29, 1.82) is 0 Å². The Morgan fingerprint density at radius 3 is 2.76 bits per heavy atom. The van der Waals surface area contributed by atoms with E-state index in [0.717, 1.165) is 38.8 Å². The van der Waals surface area contributed by atoms with Crippen molar-refractivity contribution in [2.75, 3.05) is 40.5 Å². The van der Waals surface area contributed by atoms with Crippen molar-refractivity contribution < 1.29 is 14.2 Å². The summed E-state index contributed by atoms with van der Waals surface area (Å²) in [4.78, 5) is 0. The molecule has 5 nitrogen and oxygen atoms in total. The molecule has 1 heterocycles. The molecule has 0 amide bonds. The fourth-order valence-corrected chi connectivity index (χ4v) is 2.21. The lowest BCUT2D eigenvalue weighted by molar-refractivity contribution is -0.257. The molecule has 0 radical (unpaired) electrons. The van der Waals surface area contributed by atoms with E-state index in [-0.39, 0.29) is 6.10 Å². The first-order valence-corrected chi connectivity index (χ1v) is 6.39. The Hall–Kier alpha value is -0.200. The Balaban J connectivity index is 2.20. The van der Waals surface area contributed by atoms with Gasteiger partial charge < -0.3 is 25.3 Å². The van der Waals surface area contributed by atoms with Gasteiger partial charge in [-0.2, -0.15) is 0 Å². The van der Waals surface area contributed by atoms with Crippen molar-refractivity contribution in [1.82, 2.24) is 5.32 Å². The van der Waals surface area contributed by atoms with E-state index in [9.17, 15) is 0 Å². The van der Waals surface area contributed by atoms with Gasteiger partial charge in [0.05, 0.1) is 12.7 Å². The van der Waals surface area contributed by atoms with Crippen molar-refractivity contribution in [2.45, 2.75) is 37.6 Å². The Morgan fingerprint density at radius 2 is 2.12 bits per heavy atom. The van der Waals surface area contributed by atoms with Crippen LogP contribution in [0.4, 0.5) is 0 Å². The average Bonchev–Trinajstić information content (AvgIpc) is 2.39. The van der Waals surface area contributed by atoms with Gasteiger partial charge >= 0.3 is 0 Å². The van der Waals surface area contributed by atoms with Gasteiger partial charge in [0.15, 0.2) is 5.79 Å². The molecule has 17 heavy (non-hydrogen) atoms. The molecule has 0 spiro atoms. The Kier molecular flexibility index (Phi) is 6.99. The minimum atomic E-state index is -0.437. The second-order valence-electron chi connectivity index (χ2n) is 4.45. The van der Waals surface area contributed by atoms with Crippen LogP contribution in [0.25, 0.3) is 0 Å². The lowest BCUT2D eigenvalue weighted by Gasteiger charge is -2.38. The highest BCUT2D eigenvalue weighted by Gasteiger charge is 2.36. The molecular formula is C12H26N2O3. The maximum atomic E-state index is 5.73. The molecule has 0 aliphatic carbocycles. The molecule has 1 fully saturated rings. The van der Waals surface area contributed by atoms with E-state index in [4.69, 9.17) is 19.9 Å². The van der Waals surface area contributed by atoms with E-state index >= 15 is 0 Å². The van der Waals surface area contributed by atoms with Crippen molar-refractivity contribution >= 4 is 0 Å². The zero-order valence-corrected chi connectivity index (χ0v) is 11.0. The van der Waals surface area contributed by atoms with Crippen LogP contribution in [0.2, 0.25) is 0 Å². The topological polar surface area (TPSA) is 65.7 Å². The fraction of sp³-hybridized carbons (Fsp3) is 1.00. The van der Waals surface area contributed by atoms with E-state index in [2.05, 4.69) is 5.32 Å². The van der Waals surface area contributed by atoms with Gasteiger partial charge in [0.2, 0.25) is 0 Å². The number of nitrogens with two attached hydrogens (primary N) is 1. The largest absolute Gasteiger partial charge is 0.378 e. The summed E-state index contributed by atoms with van der Waals surface area (Å²) in [6.45, 7) is 3.27. The molecule has 1 saturated heterocycles. The van der Waals surface area contributed by atoms with Gasteiger partial charge in [0.25, 0.3) is 0 Å². The van der Waals surface area contributed by atoms with Crippen LogP contribution in [0.15, 0.2) is 0 Å². The fourth-order valence-electron chi connectivity index (χ4n) is 2.21. The molecule has 1 atom stereocenters. The summed E-state index contributed by atoms with van der Waals surface area (Å²) in [5.74, 6) is -0.437. The van der Waals surface area contributed by atoms with Crippen LogP contribution in [-0.2, 0) is 14.2 Å². The number of nitrogens with one attached hydrogen (secondary N) is 1. The zero-order valence-electron chi connectivity index (χ0n) is 11.0. The second kappa shape index (κ2) is 8.00. The predicted octanol–water partition coefficient (Wildman–Crippen LogP) is 0.483. The quantitative estimate of drug-likeness (QED) is 0.482. The van der Waals surface area contributed by atoms with Crippen molar-refractivity contribution in [3.63, 3.8) is 0 Å². The highest BCUT2D eigenvalue weighted by Crippen LogP contribution is 2.30. The lowest BCUT2D eigenvalue weighted by atomic mass is 9.98. The van der Waals surface area contributed by atoms with Crippen molar-refractivity contribution in [3.05, 3.63) is 0 Å². The number of ether oxygens (including phenoxy) is 3. The molecule has 3 N–H and O–H groups in total. The molecule has 0 aromatic heterocycles. The average molecular weight is 246 g/mol. The SMILES string of the molecule is COC1(OC)CCOC(CCCNCCN)C1. The van der Waals surface area contributed by atoms with Gasteiger partial charge in [-0.3, -0.25) is 0 Å². The smallest absolute Gasteiger partial charge is 0.172 e. The molecule has 5 heteroatoms. The molecule has 1 aliphatic rings. The van der Waals surface area contributed by atoms with Crippen LogP contribution in [-0.4, -0.2) is 52.4 Å². The first-order chi connectivity index (χ1) is 8.26. The van der Waals surface area contributed by atoms with Crippen LogP contribution in [0, 0.1) is 0 Å². The third-order valence-corrected chi connectivity index (χ3v) is 3.32. The minimum absolute atomic E-state index is 0.239. The Morgan fingerprint density at radius 1 is 1.35 bits per heavy atom. The number of methoxy groups -OCH3 is 2. The van der Waals surface area contributed by atoms with Gasteiger partial charge in [-0.25, -0.2) is 0 Å². The first kappa shape index (κ1) is 14.9. The van der Waals surface area contributed by atoms with Crippen LogP contribution in [0.3, 0.4) is 0 Å². The zero-order chi connectivity index (χ0) is 12.6. The molecule has 0 aromatic carbocycles. The number of rotatable bonds is 8. The van der Waals surface area contributed by atoms with E-state index in [0.29, 0.717) is 13.2 Å². The van der Waals surface area contributed by atoms with E-state index in [1.54, 1.807) is 14.2 Å². The molecule has 1 aliphatic heterocycles. The van der Waals surface area contributed by atoms with Gasteiger partial charge in [-0.05, 0) is 19.4 Å². The summed E-state index contributed by atoms with van der Waals surface area (Å²) < 4.78 is 16.7. The monoisotopic (exact) mass is 246 g/mol. The molecule has 0 bridgehead atoms. The van der Waals surface area contributed by atoms with Gasteiger partial charge in [-0.1, -0.05) is 0 Å². The normalized spacial score (nSPS) is 23.8. The summed E-state index contributed by atoms with van der Waals surface area (Å²) in [5.41, 5.74) is 5.40. The first-order valence-electron chi connectivity index (χ1n) is 6.39.